The second kappa shape index (κ2) is 3.30. The van der Waals surface area contributed by atoms with Gasteiger partial charge >= 0.3 is 0 Å². The van der Waals surface area contributed by atoms with Crippen LogP contribution in [0.4, 0.5) is 0 Å². The van der Waals surface area contributed by atoms with E-state index in [1.807, 2.05) is 48.5 Å². The molecular weight excluding hydrogens is 224 g/mol. The molecule has 2 heteroatoms. The Kier molecular flexibility index (Phi) is 1.84. The standard InChI is InChI=1S/C16H12O2/c17-15-13-9-5-1-2-6-10(9)14(16(15)18)12-8-4-3-7-11(12)13/h1-8,13-15,17H. The molecule has 1 N–H and O–H groups in total. The molecule has 0 saturated heterocycles. The van der Waals surface area contributed by atoms with Crippen LogP contribution in [0, 0.1) is 0 Å². The summed E-state index contributed by atoms with van der Waals surface area (Å²) in [4.78, 5) is 12.3. The van der Waals surface area contributed by atoms with Crippen molar-refractivity contribution in [1.82, 2.24) is 0 Å². The van der Waals surface area contributed by atoms with Crippen molar-refractivity contribution >= 4 is 5.78 Å². The maximum atomic E-state index is 12.3. The number of benzene rings is 2. The third-order valence-corrected chi connectivity index (χ3v) is 4.18. The summed E-state index contributed by atoms with van der Waals surface area (Å²) in [5, 5.41) is 10.2. The van der Waals surface area contributed by atoms with E-state index < -0.39 is 6.10 Å². The number of aliphatic hydroxyl groups is 1. The van der Waals surface area contributed by atoms with Crippen LogP contribution in [0.3, 0.4) is 0 Å². The van der Waals surface area contributed by atoms with Crippen molar-refractivity contribution in [3.8, 4) is 0 Å². The second-order valence-corrected chi connectivity index (χ2v) is 5.02. The van der Waals surface area contributed by atoms with Gasteiger partial charge in [0.15, 0.2) is 5.78 Å². The molecule has 2 bridgehead atoms. The van der Waals surface area contributed by atoms with Gasteiger partial charge in [0.2, 0.25) is 0 Å². The molecule has 0 spiro atoms. The molecular formula is C16H12O2. The normalized spacial score (nSPS) is 27.8. The van der Waals surface area contributed by atoms with Crippen LogP contribution in [0.1, 0.15) is 34.1 Å². The van der Waals surface area contributed by atoms with E-state index >= 15 is 0 Å². The number of rotatable bonds is 0. The van der Waals surface area contributed by atoms with Crippen molar-refractivity contribution in [1.29, 1.82) is 0 Å². The lowest BCUT2D eigenvalue weighted by Crippen LogP contribution is -2.43. The van der Waals surface area contributed by atoms with Gasteiger partial charge in [-0.05, 0) is 22.3 Å². The van der Waals surface area contributed by atoms with E-state index in [1.165, 1.54) is 0 Å². The monoisotopic (exact) mass is 236 g/mol. The topological polar surface area (TPSA) is 37.3 Å². The molecule has 0 aromatic heterocycles. The van der Waals surface area contributed by atoms with Gasteiger partial charge in [-0.25, -0.2) is 0 Å². The fourth-order valence-corrected chi connectivity index (χ4v) is 3.43. The summed E-state index contributed by atoms with van der Waals surface area (Å²) in [7, 11) is 0. The Morgan fingerprint density at radius 2 is 1.22 bits per heavy atom. The van der Waals surface area contributed by atoms with E-state index in [-0.39, 0.29) is 17.6 Å². The summed E-state index contributed by atoms with van der Waals surface area (Å²) >= 11 is 0. The van der Waals surface area contributed by atoms with Gasteiger partial charge in [-0.1, -0.05) is 48.5 Å². The summed E-state index contributed by atoms with van der Waals surface area (Å²) in [5.74, 6) is -0.523. The Morgan fingerprint density at radius 1 is 0.778 bits per heavy atom. The van der Waals surface area contributed by atoms with Crippen LogP contribution in [-0.4, -0.2) is 17.0 Å². The van der Waals surface area contributed by atoms with Gasteiger partial charge in [0, 0.05) is 5.92 Å². The van der Waals surface area contributed by atoms with Gasteiger partial charge in [-0.2, -0.15) is 0 Å². The summed E-state index contributed by atoms with van der Waals surface area (Å²) in [6.07, 6.45) is -0.889. The molecule has 2 aromatic carbocycles. The summed E-state index contributed by atoms with van der Waals surface area (Å²) in [6, 6.07) is 15.9. The van der Waals surface area contributed by atoms with Crippen molar-refractivity contribution in [2.75, 3.05) is 0 Å². The highest BCUT2D eigenvalue weighted by Crippen LogP contribution is 2.50. The molecule has 2 aromatic rings. The number of hydrogen-bond donors (Lipinski definition) is 1. The molecule has 2 nitrogen and oxygen atoms in total. The average Bonchev–Trinajstić information content (AvgIpc) is 2.42. The molecule has 0 radical (unpaired) electrons. The van der Waals surface area contributed by atoms with E-state index in [2.05, 4.69) is 0 Å². The highest BCUT2D eigenvalue weighted by Gasteiger charge is 2.48. The molecule has 0 aliphatic heterocycles. The van der Waals surface area contributed by atoms with Crippen LogP contribution in [-0.2, 0) is 4.79 Å². The van der Waals surface area contributed by atoms with Crippen LogP contribution in [0.15, 0.2) is 48.5 Å². The Balaban J connectivity index is 2.09. The lowest BCUT2D eigenvalue weighted by molar-refractivity contribution is -0.130. The maximum Gasteiger partial charge on any atom is 0.174 e. The number of fused-ring (bicyclic) bond motifs is 1. The first-order valence-corrected chi connectivity index (χ1v) is 6.18. The zero-order chi connectivity index (χ0) is 12.3. The molecule has 5 rings (SSSR count). The molecule has 0 saturated carbocycles. The minimum atomic E-state index is -0.889. The zero-order valence-corrected chi connectivity index (χ0v) is 9.71. The fraction of sp³-hybridized carbons (Fsp3) is 0.188. The lowest BCUT2D eigenvalue weighted by Gasteiger charge is -2.42. The number of carbonyl (C=O) groups is 1. The molecule has 1 atom stereocenters. The Hall–Kier alpha value is -1.93. The molecule has 0 fully saturated rings. The second-order valence-electron chi connectivity index (χ2n) is 5.02. The Morgan fingerprint density at radius 3 is 1.72 bits per heavy atom. The van der Waals surface area contributed by atoms with Gasteiger partial charge in [-0.3, -0.25) is 4.79 Å². The van der Waals surface area contributed by atoms with Crippen LogP contribution in [0.5, 0.6) is 0 Å². The largest absolute Gasteiger partial charge is 0.384 e. The number of carbonyl (C=O) groups excluding carboxylic acids is 1. The van der Waals surface area contributed by atoms with E-state index in [0.717, 1.165) is 22.3 Å². The first-order valence-electron chi connectivity index (χ1n) is 6.18. The highest BCUT2D eigenvalue weighted by molar-refractivity contribution is 5.98. The molecule has 0 amide bonds. The number of aliphatic hydroxyl groups excluding tert-OH is 1. The minimum absolute atomic E-state index is 0.0580. The third kappa shape index (κ3) is 1.04. The molecule has 0 heterocycles. The predicted octanol–water partition coefficient (Wildman–Crippen LogP) is 2.21. The van der Waals surface area contributed by atoms with Crippen molar-refractivity contribution in [3.63, 3.8) is 0 Å². The van der Waals surface area contributed by atoms with E-state index in [9.17, 15) is 9.90 Å². The van der Waals surface area contributed by atoms with Gasteiger partial charge in [0.25, 0.3) is 0 Å². The van der Waals surface area contributed by atoms with E-state index in [1.54, 1.807) is 0 Å². The first kappa shape index (κ1) is 10.0. The van der Waals surface area contributed by atoms with Crippen molar-refractivity contribution in [2.24, 2.45) is 0 Å². The van der Waals surface area contributed by atoms with Crippen molar-refractivity contribution in [3.05, 3.63) is 70.8 Å². The Labute approximate surface area is 105 Å². The summed E-state index contributed by atoms with van der Waals surface area (Å²) < 4.78 is 0. The number of Topliss-reactive ketones (excluding diaryl/α,β-unsaturated/α-hetero) is 1. The van der Waals surface area contributed by atoms with Crippen LogP contribution in [0.2, 0.25) is 0 Å². The van der Waals surface area contributed by atoms with E-state index in [4.69, 9.17) is 0 Å². The number of ketones is 1. The molecule has 18 heavy (non-hydrogen) atoms. The molecule has 3 aliphatic rings. The molecule has 1 unspecified atom stereocenters. The van der Waals surface area contributed by atoms with Crippen molar-refractivity contribution in [2.45, 2.75) is 17.9 Å². The summed E-state index contributed by atoms with van der Waals surface area (Å²) in [6.45, 7) is 0. The van der Waals surface area contributed by atoms with Gasteiger partial charge in [0.1, 0.15) is 6.10 Å². The SMILES string of the molecule is O=C1C2c3ccccc3C(c3ccccc32)C1O. The molecule has 3 aliphatic carbocycles. The van der Waals surface area contributed by atoms with Crippen LogP contribution < -0.4 is 0 Å². The van der Waals surface area contributed by atoms with Crippen molar-refractivity contribution < 1.29 is 9.90 Å². The van der Waals surface area contributed by atoms with Gasteiger partial charge in [-0.15, -0.1) is 0 Å². The van der Waals surface area contributed by atoms with Crippen LogP contribution >= 0.6 is 0 Å². The highest BCUT2D eigenvalue weighted by atomic mass is 16.3. The number of hydrogen-bond acceptors (Lipinski definition) is 2. The smallest absolute Gasteiger partial charge is 0.174 e. The molecule has 88 valence electrons. The minimum Gasteiger partial charge on any atom is -0.384 e. The van der Waals surface area contributed by atoms with Gasteiger partial charge < -0.3 is 5.11 Å². The fourth-order valence-electron chi connectivity index (χ4n) is 3.43. The van der Waals surface area contributed by atoms with Gasteiger partial charge in [0.05, 0.1) is 5.92 Å². The third-order valence-electron chi connectivity index (χ3n) is 4.18. The Bertz CT molecular complexity index is 612. The zero-order valence-electron chi connectivity index (χ0n) is 9.71. The van der Waals surface area contributed by atoms with E-state index in [0.29, 0.717) is 0 Å². The quantitative estimate of drug-likeness (QED) is 0.761. The van der Waals surface area contributed by atoms with Crippen LogP contribution in [0.25, 0.3) is 0 Å². The summed E-state index contributed by atoms with van der Waals surface area (Å²) in [5.41, 5.74) is 4.34. The average molecular weight is 236 g/mol. The predicted molar refractivity (Wildman–Crippen MR) is 67.6 cm³/mol. The maximum absolute atomic E-state index is 12.3. The first-order chi connectivity index (χ1) is 8.79. The lowest BCUT2D eigenvalue weighted by atomic mass is 9.62.